The summed E-state index contributed by atoms with van der Waals surface area (Å²) in [5.41, 5.74) is -0.456. The highest BCUT2D eigenvalue weighted by atomic mass is 35.5. The van der Waals surface area contributed by atoms with E-state index in [1.165, 1.54) is 22.9 Å². The lowest BCUT2D eigenvalue weighted by Crippen LogP contribution is -2.06. The van der Waals surface area contributed by atoms with Gasteiger partial charge in [-0.25, -0.2) is 13.6 Å². The van der Waals surface area contributed by atoms with Gasteiger partial charge in [0.2, 0.25) is 0 Å². The van der Waals surface area contributed by atoms with Crippen molar-refractivity contribution in [3.8, 4) is 5.69 Å². The first-order valence-electron chi connectivity index (χ1n) is 8.61. The van der Waals surface area contributed by atoms with Crippen LogP contribution in [0.25, 0.3) is 16.6 Å². The van der Waals surface area contributed by atoms with Gasteiger partial charge in [-0.05, 0) is 30.3 Å². The Morgan fingerprint density at radius 3 is 2.10 bits per heavy atom. The number of rotatable bonds is 4. The minimum atomic E-state index is -1.46. The lowest BCUT2D eigenvalue weighted by Gasteiger charge is -2.09. The third-order valence-corrected chi connectivity index (χ3v) is 5.28. The summed E-state index contributed by atoms with van der Waals surface area (Å²) < 4.78 is 30.6. The van der Waals surface area contributed by atoms with Crippen molar-refractivity contribution < 1.29 is 23.5 Å². The molecule has 1 heterocycles. The number of hydrogen-bond acceptors (Lipinski definition) is 2. The Labute approximate surface area is 178 Å². The summed E-state index contributed by atoms with van der Waals surface area (Å²) in [7, 11) is 0. The van der Waals surface area contributed by atoms with Crippen molar-refractivity contribution in [1.29, 1.82) is 0 Å². The van der Waals surface area contributed by atoms with Crippen LogP contribution in [-0.4, -0.2) is 21.4 Å². The number of aromatic nitrogens is 1. The molecule has 1 aromatic heterocycles. The van der Waals surface area contributed by atoms with E-state index in [1.54, 1.807) is 30.3 Å². The molecule has 150 valence electrons. The van der Waals surface area contributed by atoms with Gasteiger partial charge in [-0.3, -0.25) is 4.79 Å². The van der Waals surface area contributed by atoms with Crippen LogP contribution >= 0.6 is 23.2 Å². The monoisotopic (exact) mass is 445 g/mol. The number of ketones is 1. The number of fused-ring (bicyclic) bond motifs is 1. The van der Waals surface area contributed by atoms with E-state index >= 15 is 0 Å². The molecule has 0 aliphatic heterocycles. The lowest BCUT2D eigenvalue weighted by atomic mass is 10.0. The number of para-hydroxylation sites is 1. The number of hydrogen-bond donors (Lipinski definition) is 1. The van der Waals surface area contributed by atoms with E-state index in [2.05, 4.69) is 0 Å². The van der Waals surface area contributed by atoms with Gasteiger partial charge in [0, 0.05) is 17.1 Å². The predicted molar refractivity (Wildman–Crippen MR) is 110 cm³/mol. The Kier molecular flexibility index (Phi) is 5.05. The Morgan fingerprint density at radius 2 is 1.50 bits per heavy atom. The molecule has 30 heavy (non-hydrogen) atoms. The molecule has 8 heteroatoms. The van der Waals surface area contributed by atoms with Crippen LogP contribution in [0.3, 0.4) is 0 Å². The van der Waals surface area contributed by atoms with Crippen LogP contribution in [0.1, 0.15) is 26.3 Å². The zero-order valence-electron chi connectivity index (χ0n) is 15.0. The van der Waals surface area contributed by atoms with Crippen molar-refractivity contribution in [2.45, 2.75) is 0 Å². The lowest BCUT2D eigenvalue weighted by molar-refractivity contribution is 0.0695. The topological polar surface area (TPSA) is 59.3 Å². The molecule has 4 nitrogen and oxygen atoms in total. The van der Waals surface area contributed by atoms with Crippen molar-refractivity contribution in [3.63, 3.8) is 0 Å². The predicted octanol–water partition coefficient (Wildman–Crippen LogP) is 6.14. The molecule has 0 spiro atoms. The molecule has 0 radical (unpaired) electrons. The summed E-state index contributed by atoms with van der Waals surface area (Å²) >= 11 is 12.3. The average Bonchev–Trinajstić information content (AvgIpc) is 3.06. The third-order valence-electron chi connectivity index (χ3n) is 4.65. The number of carboxylic acid groups (broad SMARTS) is 1. The standard InChI is InChI=1S/C22H11Cl2F2NO3/c23-14-5-3-6-15(24)19(14)21(28)13-10-27(18-7-2-1-4-12(13)18)20-16(25)8-11(22(29)30)9-17(20)26/h1-10H,(H,29,30). The summed E-state index contributed by atoms with van der Waals surface area (Å²) in [6, 6.07) is 12.6. The van der Waals surface area contributed by atoms with Gasteiger partial charge in [0.05, 0.1) is 26.7 Å². The molecular formula is C22H11Cl2F2NO3. The van der Waals surface area contributed by atoms with E-state index in [1.807, 2.05) is 0 Å². The van der Waals surface area contributed by atoms with E-state index < -0.39 is 34.6 Å². The number of carbonyl (C=O) groups is 2. The highest BCUT2D eigenvalue weighted by molar-refractivity contribution is 6.41. The number of carbonyl (C=O) groups excluding carboxylic acids is 1. The molecule has 3 aromatic carbocycles. The fraction of sp³-hybridized carbons (Fsp3) is 0. The Morgan fingerprint density at radius 1 is 0.900 bits per heavy atom. The number of benzene rings is 3. The summed E-state index contributed by atoms with van der Waals surface area (Å²) in [5.74, 6) is -4.13. The summed E-state index contributed by atoms with van der Waals surface area (Å²) in [6.07, 6.45) is 1.29. The van der Waals surface area contributed by atoms with E-state index in [-0.39, 0.29) is 21.2 Å². The van der Waals surface area contributed by atoms with Crippen LogP contribution in [0, 0.1) is 11.6 Å². The molecule has 0 saturated carbocycles. The van der Waals surface area contributed by atoms with E-state index in [4.69, 9.17) is 28.3 Å². The molecule has 0 bridgehead atoms. The van der Waals surface area contributed by atoms with E-state index in [0.29, 0.717) is 10.9 Å². The Balaban J connectivity index is 1.98. The fourth-order valence-electron chi connectivity index (χ4n) is 3.31. The molecule has 0 fully saturated rings. The quantitative estimate of drug-likeness (QED) is 0.383. The van der Waals surface area contributed by atoms with Crippen LogP contribution in [0.5, 0.6) is 0 Å². The third kappa shape index (κ3) is 3.24. The van der Waals surface area contributed by atoms with Gasteiger partial charge in [-0.1, -0.05) is 47.5 Å². The normalized spacial score (nSPS) is 11.1. The number of aromatic carboxylic acids is 1. The SMILES string of the molecule is O=C(O)c1cc(F)c(-n2cc(C(=O)c3c(Cl)cccc3Cl)c3ccccc32)c(F)c1. The van der Waals surface area contributed by atoms with Gasteiger partial charge in [-0.2, -0.15) is 0 Å². The molecular weight excluding hydrogens is 435 g/mol. The number of carboxylic acids is 1. The second-order valence-electron chi connectivity index (χ2n) is 6.45. The molecule has 0 aliphatic rings. The zero-order valence-corrected chi connectivity index (χ0v) is 16.5. The Bertz CT molecular complexity index is 1300. The first kappa shape index (κ1) is 20.1. The summed E-state index contributed by atoms with van der Waals surface area (Å²) in [4.78, 5) is 24.3. The van der Waals surface area contributed by atoms with E-state index in [0.717, 1.165) is 12.1 Å². The van der Waals surface area contributed by atoms with Crippen LogP contribution in [0.15, 0.2) is 60.8 Å². The minimum absolute atomic E-state index is 0.0749. The number of halogens is 4. The van der Waals surface area contributed by atoms with Gasteiger partial charge in [0.15, 0.2) is 17.4 Å². The summed E-state index contributed by atoms with van der Waals surface area (Å²) in [5, 5.41) is 9.73. The van der Waals surface area contributed by atoms with Gasteiger partial charge < -0.3 is 9.67 Å². The first-order valence-corrected chi connectivity index (χ1v) is 9.36. The average molecular weight is 446 g/mol. The molecule has 1 N–H and O–H groups in total. The van der Waals surface area contributed by atoms with Crippen LogP contribution in [0.2, 0.25) is 10.0 Å². The van der Waals surface area contributed by atoms with Crippen molar-refractivity contribution in [2.75, 3.05) is 0 Å². The molecule has 0 aliphatic carbocycles. The maximum Gasteiger partial charge on any atom is 0.335 e. The van der Waals surface area contributed by atoms with Crippen molar-refractivity contribution in [3.05, 3.63) is 99.2 Å². The minimum Gasteiger partial charge on any atom is -0.478 e. The highest BCUT2D eigenvalue weighted by Crippen LogP contribution is 2.33. The van der Waals surface area contributed by atoms with Gasteiger partial charge >= 0.3 is 5.97 Å². The fourth-order valence-corrected chi connectivity index (χ4v) is 3.88. The first-order chi connectivity index (χ1) is 14.3. The van der Waals surface area contributed by atoms with Crippen molar-refractivity contribution in [1.82, 2.24) is 4.57 Å². The molecule has 4 rings (SSSR count). The summed E-state index contributed by atoms with van der Waals surface area (Å²) in [6.45, 7) is 0. The maximum absolute atomic E-state index is 14.7. The van der Waals surface area contributed by atoms with Crippen LogP contribution < -0.4 is 0 Å². The maximum atomic E-state index is 14.7. The van der Waals surface area contributed by atoms with Gasteiger partial charge in [0.25, 0.3) is 0 Å². The highest BCUT2D eigenvalue weighted by Gasteiger charge is 2.24. The van der Waals surface area contributed by atoms with Gasteiger partial charge in [0.1, 0.15) is 5.69 Å². The molecule has 4 aromatic rings. The smallest absolute Gasteiger partial charge is 0.335 e. The number of nitrogens with zero attached hydrogens (tertiary/aromatic N) is 1. The zero-order chi connectivity index (χ0) is 21.6. The largest absolute Gasteiger partial charge is 0.478 e. The van der Waals surface area contributed by atoms with E-state index in [9.17, 15) is 18.4 Å². The van der Waals surface area contributed by atoms with Crippen molar-refractivity contribution in [2.24, 2.45) is 0 Å². The van der Waals surface area contributed by atoms with Gasteiger partial charge in [-0.15, -0.1) is 0 Å². The molecule has 0 unspecified atom stereocenters. The second kappa shape index (κ2) is 7.55. The molecule has 0 atom stereocenters. The Hall–Kier alpha value is -3.22. The van der Waals surface area contributed by atoms with Crippen LogP contribution in [-0.2, 0) is 0 Å². The van der Waals surface area contributed by atoms with Crippen molar-refractivity contribution >= 4 is 45.9 Å². The van der Waals surface area contributed by atoms with Crippen LogP contribution in [0.4, 0.5) is 8.78 Å². The molecule has 0 saturated heterocycles. The second-order valence-corrected chi connectivity index (χ2v) is 7.26. The molecule has 0 amide bonds.